The molecule has 62 valence electrons. The fourth-order valence-corrected chi connectivity index (χ4v) is 0.675. The third-order valence-electron chi connectivity index (χ3n) is 1.15. The maximum Gasteiger partial charge on any atom is 0.353 e. The normalized spacial score (nSPS) is 7.58. The molecule has 0 amide bonds. The van der Waals surface area contributed by atoms with Gasteiger partial charge >= 0.3 is 5.97 Å². The Balaban J connectivity index is 0.00000121. The summed E-state index contributed by atoms with van der Waals surface area (Å²) in [6.45, 7) is 0. The fraction of sp³-hybridized carbons (Fsp3) is 0. The number of carbonyl (C=O) groups excluding carboxylic acids is 1. The summed E-state index contributed by atoms with van der Waals surface area (Å²) in [7, 11) is 0. The van der Waals surface area contributed by atoms with Crippen LogP contribution in [0.5, 0.6) is 0 Å². The molecule has 0 spiro atoms. The Hall–Kier alpha value is -1.47. The number of esters is 1. The molecule has 1 rings (SSSR count). The molecule has 0 aliphatic heterocycles. The van der Waals surface area contributed by atoms with Crippen molar-refractivity contribution in [1.29, 1.82) is 5.26 Å². The summed E-state index contributed by atoms with van der Waals surface area (Å²) in [5.74, 6) is -0.618. The van der Waals surface area contributed by atoms with E-state index in [2.05, 4.69) is 4.74 Å². The van der Waals surface area contributed by atoms with E-state index >= 15 is 0 Å². The maximum absolute atomic E-state index is 10.8. The molecular formula is C8H7NO2S. The summed E-state index contributed by atoms with van der Waals surface area (Å²) in [6.07, 6.45) is 1.32. The Morgan fingerprint density at radius 1 is 1.33 bits per heavy atom. The zero-order valence-corrected chi connectivity index (χ0v) is 7.15. The highest BCUT2D eigenvalue weighted by Gasteiger charge is 2.03. The molecule has 3 nitrogen and oxygen atoms in total. The molecule has 0 saturated carbocycles. The molecule has 0 aliphatic rings. The molecule has 0 bridgehead atoms. The smallest absolute Gasteiger partial charge is 0.347 e. The first-order chi connectivity index (χ1) is 5.34. The van der Waals surface area contributed by atoms with Crippen molar-refractivity contribution in [2.75, 3.05) is 0 Å². The minimum Gasteiger partial charge on any atom is -0.347 e. The average Bonchev–Trinajstić information content (AvgIpc) is 2.07. The van der Waals surface area contributed by atoms with E-state index in [1.165, 1.54) is 6.26 Å². The Morgan fingerprint density at radius 3 is 2.42 bits per heavy atom. The van der Waals surface area contributed by atoms with Crippen molar-refractivity contribution in [3.63, 3.8) is 0 Å². The summed E-state index contributed by atoms with van der Waals surface area (Å²) in [5.41, 5.74) is 0.383. The monoisotopic (exact) mass is 181 g/mol. The summed E-state index contributed by atoms with van der Waals surface area (Å²) < 4.78 is 4.09. The molecule has 0 aromatic heterocycles. The van der Waals surface area contributed by atoms with Crippen molar-refractivity contribution in [3.05, 3.63) is 35.9 Å². The number of benzene rings is 1. The predicted octanol–water partition coefficient (Wildman–Crippen LogP) is 1.44. The number of hydrogen-bond acceptors (Lipinski definition) is 3. The van der Waals surface area contributed by atoms with Crippen LogP contribution in [0.2, 0.25) is 0 Å². The van der Waals surface area contributed by atoms with Gasteiger partial charge in [-0.3, -0.25) is 0 Å². The minimum absolute atomic E-state index is 0. The van der Waals surface area contributed by atoms with E-state index in [0.717, 1.165) is 0 Å². The van der Waals surface area contributed by atoms with Gasteiger partial charge in [-0.15, -0.1) is 5.26 Å². The molecule has 0 unspecified atom stereocenters. The second-order valence-electron chi connectivity index (χ2n) is 1.85. The molecule has 12 heavy (non-hydrogen) atoms. The minimum atomic E-state index is -0.618. The van der Waals surface area contributed by atoms with E-state index < -0.39 is 5.97 Å². The number of rotatable bonds is 1. The lowest BCUT2D eigenvalue weighted by Gasteiger charge is -1.92. The van der Waals surface area contributed by atoms with Crippen molar-refractivity contribution in [3.8, 4) is 6.26 Å². The van der Waals surface area contributed by atoms with E-state index in [-0.39, 0.29) is 13.5 Å². The van der Waals surface area contributed by atoms with Crippen LogP contribution < -0.4 is 0 Å². The number of carbonyl (C=O) groups is 1. The summed E-state index contributed by atoms with van der Waals surface area (Å²) in [5, 5.41) is 8.00. The fourth-order valence-electron chi connectivity index (χ4n) is 0.675. The predicted molar refractivity (Wildman–Crippen MR) is 47.9 cm³/mol. The highest BCUT2D eigenvalue weighted by molar-refractivity contribution is 7.59. The van der Waals surface area contributed by atoms with Crippen molar-refractivity contribution in [1.82, 2.24) is 0 Å². The molecular weight excluding hydrogens is 174 g/mol. The van der Waals surface area contributed by atoms with Crippen LogP contribution in [0.25, 0.3) is 0 Å². The molecule has 4 heteroatoms. The Kier molecular flexibility index (Phi) is 4.58. The van der Waals surface area contributed by atoms with Gasteiger partial charge in [-0.2, -0.15) is 13.5 Å². The first-order valence-corrected chi connectivity index (χ1v) is 3.00. The lowest BCUT2D eigenvalue weighted by molar-refractivity contribution is 0.0685. The standard InChI is InChI=1S/C8H5NO2.H2S/c9-6-11-8(10)7-4-2-1-3-5-7;/h1-5H;1H2. The molecule has 0 heterocycles. The number of nitriles is 1. The number of nitrogens with zero attached hydrogens (tertiary/aromatic N) is 1. The van der Waals surface area contributed by atoms with Crippen LogP contribution >= 0.6 is 13.5 Å². The molecule has 0 fully saturated rings. The van der Waals surface area contributed by atoms with E-state index in [4.69, 9.17) is 5.26 Å². The van der Waals surface area contributed by atoms with Gasteiger partial charge in [0, 0.05) is 0 Å². The molecule has 0 saturated heterocycles. The van der Waals surface area contributed by atoms with Crippen molar-refractivity contribution in [2.45, 2.75) is 0 Å². The zero-order valence-electron chi connectivity index (χ0n) is 6.15. The van der Waals surface area contributed by atoms with E-state index in [1.54, 1.807) is 30.3 Å². The third-order valence-corrected chi connectivity index (χ3v) is 1.15. The van der Waals surface area contributed by atoms with Crippen molar-refractivity contribution in [2.24, 2.45) is 0 Å². The first-order valence-electron chi connectivity index (χ1n) is 3.00. The second-order valence-corrected chi connectivity index (χ2v) is 1.85. The lowest BCUT2D eigenvalue weighted by atomic mass is 10.2. The van der Waals surface area contributed by atoms with Gasteiger partial charge in [0.15, 0.2) is 0 Å². The average molecular weight is 181 g/mol. The lowest BCUT2D eigenvalue weighted by Crippen LogP contribution is -1.99. The van der Waals surface area contributed by atoms with Crippen LogP contribution in [-0.2, 0) is 4.74 Å². The van der Waals surface area contributed by atoms with Crippen LogP contribution in [0.4, 0.5) is 0 Å². The summed E-state index contributed by atoms with van der Waals surface area (Å²) >= 11 is 0. The van der Waals surface area contributed by atoms with Crippen LogP contribution in [0.15, 0.2) is 30.3 Å². The molecule has 0 aliphatic carbocycles. The van der Waals surface area contributed by atoms with E-state index in [1.807, 2.05) is 0 Å². The summed E-state index contributed by atoms with van der Waals surface area (Å²) in [6, 6.07) is 8.35. The topological polar surface area (TPSA) is 50.1 Å². The molecule has 0 atom stereocenters. The highest BCUT2D eigenvalue weighted by Crippen LogP contribution is 1.99. The van der Waals surface area contributed by atoms with E-state index in [9.17, 15) is 4.79 Å². The van der Waals surface area contributed by atoms with Gasteiger partial charge in [0.2, 0.25) is 0 Å². The number of ether oxygens (including phenoxy) is 1. The number of hydrogen-bond donors (Lipinski definition) is 0. The van der Waals surface area contributed by atoms with Crippen LogP contribution in [0.3, 0.4) is 0 Å². The Labute approximate surface area is 77.0 Å². The van der Waals surface area contributed by atoms with E-state index in [0.29, 0.717) is 5.56 Å². The third kappa shape index (κ3) is 2.64. The first kappa shape index (κ1) is 10.5. The molecule has 0 N–H and O–H groups in total. The van der Waals surface area contributed by atoms with Gasteiger partial charge in [-0.25, -0.2) is 4.79 Å². The van der Waals surface area contributed by atoms with Gasteiger partial charge in [-0.05, 0) is 12.1 Å². The van der Waals surface area contributed by atoms with Crippen LogP contribution in [0.1, 0.15) is 10.4 Å². The zero-order chi connectivity index (χ0) is 8.10. The molecule has 0 radical (unpaired) electrons. The van der Waals surface area contributed by atoms with Crippen molar-refractivity contribution < 1.29 is 9.53 Å². The molecule has 1 aromatic carbocycles. The van der Waals surface area contributed by atoms with Gasteiger partial charge in [-0.1, -0.05) is 18.2 Å². The largest absolute Gasteiger partial charge is 0.353 e. The second kappa shape index (κ2) is 5.22. The Morgan fingerprint density at radius 2 is 1.92 bits per heavy atom. The Bertz CT molecular complexity index is 292. The van der Waals surface area contributed by atoms with Gasteiger partial charge in [0.25, 0.3) is 6.26 Å². The highest BCUT2D eigenvalue weighted by atomic mass is 32.1. The maximum atomic E-state index is 10.8. The molecule has 1 aromatic rings. The quantitative estimate of drug-likeness (QED) is 0.486. The van der Waals surface area contributed by atoms with Gasteiger partial charge in [0.05, 0.1) is 5.56 Å². The SMILES string of the molecule is N#COC(=O)c1ccccc1.S. The van der Waals surface area contributed by atoms with Crippen molar-refractivity contribution >= 4 is 19.5 Å². The van der Waals surface area contributed by atoms with Crippen LogP contribution in [0, 0.1) is 11.5 Å². The summed E-state index contributed by atoms with van der Waals surface area (Å²) in [4.78, 5) is 10.8. The van der Waals surface area contributed by atoms with Crippen LogP contribution in [-0.4, -0.2) is 5.97 Å². The van der Waals surface area contributed by atoms with Gasteiger partial charge < -0.3 is 4.74 Å². The van der Waals surface area contributed by atoms with Gasteiger partial charge in [0.1, 0.15) is 0 Å².